The van der Waals surface area contributed by atoms with Crippen molar-refractivity contribution in [3.05, 3.63) is 57.2 Å². The van der Waals surface area contributed by atoms with E-state index in [-0.39, 0.29) is 16.2 Å². The quantitative estimate of drug-likeness (QED) is 0.172. The summed E-state index contributed by atoms with van der Waals surface area (Å²) < 4.78 is 38.8. The van der Waals surface area contributed by atoms with Crippen LogP contribution in [0.4, 0.5) is 8.78 Å². The molecule has 1 heterocycles. The number of alkyl halides is 2. The maximum absolute atomic E-state index is 12.6. The second-order valence-electron chi connectivity index (χ2n) is 13.8. The van der Waals surface area contributed by atoms with E-state index in [4.69, 9.17) is 9.16 Å². The predicted molar refractivity (Wildman–Crippen MR) is 171 cm³/mol. The average Bonchev–Trinajstić information content (AvgIpc) is 2.87. The summed E-state index contributed by atoms with van der Waals surface area (Å²) in [6.07, 6.45) is 13.9. The molecular formula is C35H56F2O2Si. The minimum Gasteiger partial charge on any atom is -0.543 e. The highest BCUT2D eigenvalue weighted by molar-refractivity contribution is 6.74. The number of hydrogen-bond donors (Lipinski definition) is 0. The van der Waals surface area contributed by atoms with Crippen molar-refractivity contribution in [1.29, 1.82) is 0 Å². The Balaban J connectivity index is 2.00. The van der Waals surface area contributed by atoms with Crippen molar-refractivity contribution in [1.82, 2.24) is 0 Å². The first kappa shape index (κ1) is 34.3. The molecule has 2 rings (SSSR count). The van der Waals surface area contributed by atoms with Crippen LogP contribution in [-0.4, -0.2) is 27.3 Å². The van der Waals surface area contributed by atoms with E-state index in [1.54, 1.807) is 6.08 Å². The summed E-state index contributed by atoms with van der Waals surface area (Å²) in [4.78, 5) is 0. The largest absolute Gasteiger partial charge is 0.543 e. The van der Waals surface area contributed by atoms with Gasteiger partial charge in [-0.1, -0.05) is 50.1 Å². The molecule has 0 radical (unpaired) electrons. The van der Waals surface area contributed by atoms with E-state index in [0.717, 1.165) is 56.4 Å². The molecule has 0 saturated carbocycles. The number of allylic oxidation sites excluding steroid dienone is 6. The van der Waals surface area contributed by atoms with Crippen molar-refractivity contribution in [2.24, 2.45) is 0 Å². The molecule has 0 unspecified atom stereocenters. The van der Waals surface area contributed by atoms with Crippen molar-refractivity contribution < 1.29 is 17.9 Å². The lowest BCUT2D eigenvalue weighted by Crippen LogP contribution is -2.44. The minimum absolute atomic E-state index is 0.154. The van der Waals surface area contributed by atoms with Gasteiger partial charge in [-0.2, -0.15) is 0 Å². The third-order valence-corrected chi connectivity index (χ3v) is 13.6. The number of benzene rings is 1. The Hall–Kier alpha value is -1.88. The fourth-order valence-electron chi connectivity index (χ4n) is 5.04. The summed E-state index contributed by atoms with van der Waals surface area (Å²) in [7, 11) is -1.94. The van der Waals surface area contributed by atoms with Gasteiger partial charge in [0, 0.05) is 5.56 Å². The number of rotatable bonds is 13. The summed E-state index contributed by atoms with van der Waals surface area (Å²) in [5.74, 6) is 2.16. The summed E-state index contributed by atoms with van der Waals surface area (Å²) in [6.45, 7) is 23.3. The molecule has 1 atom stereocenters. The molecule has 40 heavy (non-hydrogen) atoms. The molecule has 1 aromatic rings. The maximum Gasteiger partial charge on any atom is 0.250 e. The first-order chi connectivity index (χ1) is 18.5. The van der Waals surface area contributed by atoms with Gasteiger partial charge in [0.05, 0.1) is 0 Å². The molecule has 0 aromatic heterocycles. The topological polar surface area (TPSA) is 18.5 Å². The lowest BCUT2D eigenvalue weighted by molar-refractivity contribution is 0.0559. The van der Waals surface area contributed by atoms with Crippen molar-refractivity contribution in [3.8, 4) is 11.5 Å². The van der Waals surface area contributed by atoms with Gasteiger partial charge in [0.25, 0.3) is 8.32 Å². The number of hydrogen-bond acceptors (Lipinski definition) is 2. The van der Waals surface area contributed by atoms with Crippen LogP contribution in [0.25, 0.3) is 0 Å². The van der Waals surface area contributed by atoms with Crippen molar-refractivity contribution in [3.63, 3.8) is 0 Å². The maximum atomic E-state index is 12.6. The van der Waals surface area contributed by atoms with Gasteiger partial charge in [-0.15, -0.1) is 0 Å². The third kappa shape index (κ3) is 9.06. The van der Waals surface area contributed by atoms with E-state index >= 15 is 0 Å². The van der Waals surface area contributed by atoms with Gasteiger partial charge < -0.3 is 9.16 Å². The van der Waals surface area contributed by atoms with Crippen molar-refractivity contribution >= 4 is 8.32 Å². The van der Waals surface area contributed by atoms with Crippen LogP contribution in [0.3, 0.4) is 0 Å². The van der Waals surface area contributed by atoms with Crippen LogP contribution in [0.15, 0.2) is 34.9 Å². The molecule has 0 bridgehead atoms. The Labute approximate surface area is 245 Å². The molecule has 2 nitrogen and oxygen atoms in total. The molecule has 0 amide bonds. The van der Waals surface area contributed by atoms with E-state index < -0.39 is 21.7 Å². The van der Waals surface area contributed by atoms with E-state index in [1.807, 2.05) is 0 Å². The zero-order valence-electron chi connectivity index (χ0n) is 27.4. The lowest BCUT2D eigenvalue weighted by atomic mass is 9.85. The monoisotopic (exact) mass is 574 g/mol. The van der Waals surface area contributed by atoms with E-state index in [0.29, 0.717) is 6.42 Å². The molecule has 0 fully saturated rings. The highest BCUT2D eigenvalue weighted by atomic mass is 28.4. The zero-order chi connectivity index (χ0) is 30.3. The predicted octanol–water partition coefficient (Wildman–Crippen LogP) is 11.2. The standard InChI is InChI=1S/C35H56F2O2Si/c1-25(17-13-19-30(23-36)24-37)15-12-16-26(2)18-14-21-35(9)22-20-31-29(5)32(27(3)28(4)33(31)38-35)39-40(10,11)34(6,7)8/h15,18-19H,12-14,16-17,20-24H2,1-11H3/b25-15+,26-18+/t35-/m1/s1. The first-order valence-electron chi connectivity index (χ1n) is 15.2. The van der Waals surface area contributed by atoms with Gasteiger partial charge in [-0.3, -0.25) is 0 Å². The van der Waals surface area contributed by atoms with Crippen LogP contribution in [0.5, 0.6) is 11.5 Å². The molecule has 0 N–H and O–H groups in total. The number of fused-ring (bicyclic) bond motifs is 1. The fraction of sp³-hybridized carbons (Fsp3) is 0.657. The third-order valence-electron chi connectivity index (χ3n) is 9.24. The molecule has 0 saturated heterocycles. The van der Waals surface area contributed by atoms with Crippen molar-refractivity contribution in [2.75, 3.05) is 13.3 Å². The van der Waals surface area contributed by atoms with E-state index in [2.05, 4.69) is 87.6 Å². The Kier molecular flexibility index (Phi) is 12.3. The van der Waals surface area contributed by atoms with Crippen LogP contribution >= 0.6 is 0 Å². The van der Waals surface area contributed by atoms with Crippen LogP contribution in [0.1, 0.15) is 109 Å². The summed E-state index contributed by atoms with van der Waals surface area (Å²) in [5.41, 5.74) is 7.78. The second-order valence-corrected chi connectivity index (χ2v) is 18.5. The molecule has 1 aliphatic heterocycles. The smallest absolute Gasteiger partial charge is 0.250 e. The van der Waals surface area contributed by atoms with E-state index in [1.165, 1.54) is 33.4 Å². The summed E-state index contributed by atoms with van der Waals surface area (Å²) in [6, 6.07) is 0. The molecule has 226 valence electrons. The van der Waals surface area contributed by atoms with Gasteiger partial charge in [0.1, 0.15) is 30.4 Å². The number of halogens is 2. The van der Waals surface area contributed by atoms with Gasteiger partial charge in [-0.05, 0) is 133 Å². The highest BCUT2D eigenvalue weighted by Crippen LogP contribution is 2.47. The molecule has 0 spiro atoms. The van der Waals surface area contributed by atoms with Crippen LogP contribution < -0.4 is 9.16 Å². The normalized spacial score (nSPS) is 18.3. The molecule has 5 heteroatoms. The van der Waals surface area contributed by atoms with Crippen molar-refractivity contribution in [2.45, 2.75) is 137 Å². The molecule has 0 aliphatic carbocycles. The van der Waals surface area contributed by atoms with Crippen LogP contribution in [0.2, 0.25) is 18.1 Å². The zero-order valence-corrected chi connectivity index (χ0v) is 28.4. The lowest BCUT2D eigenvalue weighted by Gasteiger charge is -2.41. The van der Waals surface area contributed by atoms with Gasteiger partial charge in [-0.25, -0.2) is 8.78 Å². The van der Waals surface area contributed by atoms with Gasteiger partial charge in [0.2, 0.25) is 0 Å². The molecule has 1 aromatic carbocycles. The molecular weight excluding hydrogens is 518 g/mol. The van der Waals surface area contributed by atoms with Gasteiger partial charge >= 0.3 is 0 Å². The SMILES string of the molecule is C/C(=C\CC/C(C)=C/CC[C@]1(C)CCc2c(C)c(O[Si](C)(C)C(C)(C)C)c(C)c(C)c2O1)CCC=C(CF)CF. The van der Waals surface area contributed by atoms with Crippen LogP contribution in [0, 0.1) is 20.8 Å². The number of ether oxygens (including phenoxy) is 1. The molecule has 1 aliphatic rings. The fourth-order valence-corrected chi connectivity index (χ4v) is 6.16. The summed E-state index contributed by atoms with van der Waals surface area (Å²) >= 11 is 0. The first-order valence-corrected chi connectivity index (χ1v) is 18.1. The Morgan fingerprint density at radius 3 is 2.00 bits per heavy atom. The Morgan fingerprint density at radius 2 is 1.45 bits per heavy atom. The Bertz CT molecular complexity index is 1100. The highest BCUT2D eigenvalue weighted by Gasteiger charge is 2.41. The van der Waals surface area contributed by atoms with Crippen LogP contribution in [-0.2, 0) is 6.42 Å². The average molecular weight is 575 g/mol. The second kappa shape index (κ2) is 14.3. The Morgan fingerprint density at radius 1 is 0.900 bits per heavy atom. The van der Waals surface area contributed by atoms with Gasteiger partial charge in [0.15, 0.2) is 0 Å². The summed E-state index contributed by atoms with van der Waals surface area (Å²) in [5, 5.41) is 0.154. The van der Waals surface area contributed by atoms with E-state index in [9.17, 15) is 8.78 Å². The minimum atomic E-state index is -1.94.